The molecule has 1 heterocycles. The molecule has 2 aromatic rings. The van der Waals surface area contributed by atoms with E-state index in [-0.39, 0.29) is 23.5 Å². The van der Waals surface area contributed by atoms with Crippen LogP contribution in [0, 0.1) is 11.7 Å². The van der Waals surface area contributed by atoms with Crippen LogP contribution in [-0.2, 0) is 4.79 Å². The van der Waals surface area contributed by atoms with Gasteiger partial charge in [-0.1, -0.05) is 43.7 Å². The summed E-state index contributed by atoms with van der Waals surface area (Å²) in [6, 6.07) is 6.25. The highest BCUT2D eigenvalue weighted by Crippen LogP contribution is 2.25. The van der Waals surface area contributed by atoms with Crippen LogP contribution >= 0.6 is 11.8 Å². The summed E-state index contributed by atoms with van der Waals surface area (Å²) in [5.74, 6) is 6.70. The van der Waals surface area contributed by atoms with Gasteiger partial charge in [-0.3, -0.25) is 4.79 Å². The Morgan fingerprint density at radius 1 is 1.40 bits per heavy atom. The lowest BCUT2D eigenvalue weighted by atomic mass is 9.86. The minimum Gasteiger partial charge on any atom is -0.352 e. The van der Waals surface area contributed by atoms with Gasteiger partial charge in [-0.15, -0.1) is 10.2 Å². The number of amides is 1. The molecule has 1 fully saturated rings. The van der Waals surface area contributed by atoms with Gasteiger partial charge in [0.05, 0.1) is 5.75 Å². The molecule has 1 amide bonds. The summed E-state index contributed by atoms with van der Waals surface area (Å²) < 4.78 is 14.6. The summed E-state index contributed by atoms with van der Waals surface area (Å²) in [6.07, 6.45) is 4.60. The molecule has 0 bridgehead atoms. The van der Waals surface area contributed by atoms with Crippen molar-refractivity contribution in [2.75, 3.05) is 11.6 Å². The Kier molecular flexibility index (Phi) is 5.57. The number of rotatable bonds is 5. The van der Waals surface area contributed by atoms with Gasteiger partial charge in [-0.2, -0.15) is 0 Å². The molecule has 1 aromatic heterocycles. The molecule has 0 saturated heterocycles. The molecule has 1 aromatic carbocycles. The number of nitrogens with one attached hydrogen (secondary N) is 1. The molecule has 0 unspecified atom stereocenters. The topological polar surface area (TPSA) is 85.8 Å². The number of aromatic nitrogens is 3. The Morgan fingerprint density at radius 3 is 2.96 bits per heavy atom. The van der Waals surface area contributed by atoms with Crippen molar-refractivity contribution in [1.29, 1.82) is 0 Å². The molecule has 0 spiro atoms. The van der Waals surface area contributed by atoms with E-state index in [9.17, 15) is 9.18 Å². The van der Waals surface area contributed by atoms with Crippen molar-refractivity contribution in [2.24, 2.45) is 5.92 Å². The summed E-state index contributed by atoms with van der Waals surface area (Å²) in [5.41, 5.74) is 0.544. The maximum Gasteiger partial charge on any atom is 0.230 e. The van der Waals surface area contributed by atoms with E-state index < -0.39 is 0 Å². The third-order valence-corrected chi connectivity index (χ3v) is 5.48. The number of carbonyl (C=O) groups is 1. The minimum absolute atomic E-state index is 0.0287. The normalized spacial score (nSPS) is 20.4. The third kappa shape index (κ3) is 4.31. The molecule has 1 aliphatic carbocycles. The van der Waals surface area contributed by atoms with E-state index in [0.29, 0.717) is 22.5 Å². The number of nitrogen functional groups attached to an aromatic ring is 1. The van der Waals surface area contributed by atoms with E-state index >= 15 is 0 Å². The smallest absolute Gasteiger partial charge is 0.230 e. The van der Waals surface area contributed by atoms with Gasteiger partial charge in [-0.25, -0.2) is 9.07 Å². The number of carbonyl (C=O) groups excluding carboxylic acids is 1. The molecule has 8 heteroatoms. The third-order valence-electron chi connectivity index (χ3n) is 4.54. The van der Waals surface area contributed by atoms with Crippen LogP contribution in [-0.4, -0.2) is 32.6 Å². The largest absolute Gasteiger partial charge is 0.352 e. The maximum atomic E-state index is 13.3. The molecule has 2 atom stereocenters. The molecule has 1 saturated carbocycles. The van der Waals surface area contributed by atoms with Crippen molar-refractivity contribution in [3.05, 3.63) is 30.1 Å². The number of nitrogens with two attached hydrogens (primary N) is 1. The molecular formula is C17H22FN5OS. The van der Waals surface area contributed by atoms with Gasteiger partial charge in [0.25, 0.3) is 0 Å². The second-order valence-corrected chi connectivity index (χ2v) is 7.35. The fourth-order valence-electron chi connectivity index (χ4n) is 3.11. The van der Waals surface area contributed by atoms with Gasteiger partial charge < -0.3 is 11.2 Å². The molecule has 3 rings (SSSR count). The zero-order valence-electron chi connectivity index (χ0n) is 14.1. The van der Waals surface area contributed by atoms with Crippen LogP contribution < -0.4 is 11.2 Å². The first-order chi connectivity index (χ1) is 12.0. The van der Waals surface area contributed by atoms with Crippen molar-refractivity contribution in [2.45, 2.75) is 43.8 Å². The predicted molar refractivity (Wildman–Crippen MR) is 95.9 cm³/mol. The second-order valence-electron chi connectivity index (χ2n) is 6.41. The van der Waals surface area contributed by atoms with Crippen molar-refractivity contribution >= 4 is 17.7 Å². The number of halogens is 1. The Morgan fingerprint density at radius 2 is 2.20 bits per heavy atom. The van der Waals surface area contributed by atoms with Crippen LogP contribution in [0.3, 0.4) is 0 Å². The summed E-state index contributed by atoms with van der Waals surface area (Å²) in [5, 5.41) is 11.5. The lowest BCUT2D eigenvalue weighted by Crippen LogP contribution is -2.41. The van der Waals surface area contributed by atoms with Crippen molar-refractivity contribution in [3.63, 3.8) is 0 Å². The van der Waals surface area contributed by atoms with Crippen LogP contribution in [0.25, 0.3) is 11.4 Å². The Bertz CT molecular complexity index is 750. The van der Waals surface area contributed by atoms with Crippen molar-refractivity contribution in [3.8, 4) is 11.4 Å². The Hall–Kier alpha value is -2.09. The zero-order chi connectivity index (χ0) is 17.8. The van der Waals surface area contributed by atoms with Crippen molar-refractivity contribution < 1.29 is 9.18 Å². The average Bonchev–Trinajstić information content (AvgIpc) is 2.96. The fraction of sp³-hybridized carbons (Fsp3) is 0.471. The summed E-state index contributed by atoms with van der Waals surface area (Å²) in [4.78, 5) is 12.2. The monoisotopic (exact) mass is 363 g/mol. The minimum atomic E-state index is -0.365. The number of thioether (sulfide) groups is 1. The van der Waals surface area contributed by atoms with Crippen LogP contribution in [0.15, 0.2) is 29.4 Å². The first-order valence-corrected chi connectivity index (χ1v) is 9.41. The Labute approximate surface area is 150 Å². The summed E-state index contributed by atoms with van der Waals surface area (Å²) in [6.45, 7) is 2.18. The molecular weight excluding hydrogens is 341 g/mol. The molecule has 0 radical (unpaired) electrons. The van der Waals surface area contributed by atoms with E-state index in [1.54, 1.807) is 12.1 Å². The van der Waals surface area contributed by atoms with Gasteiger partial charge >= 0.3 is 0 Å². The SMILES string of the molecule is C[C@H]1CCCC[C@@H]1NC(=O)CSc1nnc(-c2cccc(F)c2)n1N. The zero-order valence-corrected chi connectivity index (χ0v) is 14.9. The van der Waals surface area contributed by atoms with Gasteiger partial charge in [-0.05, 0) is 30.9 Å². The van der Waals surface area contributed by atoms with E-state index in [1.807, 2.05) is 0 Å². The molecule has 3 N–H and O–H groups in total. The molecule has 0 aliphatic heterocycles. The maximum absolute atomic E-state index is 13.3. The highest BCUT2D eigenvalue weighted by atomic mass is 32.2. The van der Waals surface area contributed by atoms with E-state index in [1.165, 1.54) is 35.0 Å². The molecule has 25 heavy (non-hydrogen) atoms. The number of benzene rings is 1. The van der Waals surface area contributed by atoms with Crippen molar-refractivity contribution in [1.82, 2.24) is 20.2 Å². The molecule has 1 aliphatic rings. The van der Waals surface area contributed by atoms with Gasteiger partial charge in [0.1, 0.15) is 5.82 Å². The number of hydrogen-bond acceptors (Lipinski definition) is 5. The highest BCUT2D eigenvalue weighted by Gasteiger charge is 2.23. The lowest BCUT2D eigenvalue weighted by molar-refractivity contribution is -0.119. The summed E-state index contributed by atoms with van der Waals surface area (Å²) >= 11 is 1.22. The quantitative estimate of drug-likeness (QED) is 0.630. The van der Waals surface area contributed by atoms with Gasteiger partial charge in [0.15, 0.2) is 5.82 Å². The standard InChI is InChI=1S/C17H22FN5OS/c1-11-5-2-3-8-14(11)20-15(24)10-25-17-22-21-16(23(17)19)12-6-4-7-13(18)9-12/h4,6-7,9,11,14H,2-3,5,8,10,19H2,1H3,(H,20,24)/t11-,14-/m0/s1. The Balaban J connectivity index is 1.59. The van der Waals surface area contributed by atoms with Crippen LogP contribution in [0.2, 0.25) is 0 Å². The predicted octanol–water partition coefficient (Wildman–Crippen LogP) is 2.58. The van der Waals surface area contributed by atoms with E-state index in [4.69, 9.17) is 5.84 Å². The second kappa shape index (κ2) is 7.86. The average molecular weight is 363 g/mol. The number of nitrogens with zero attached hydrogens (tertiary/aromatic N) is 3. The van der Waals surface area contributed by atoms with Gasteiger partial charge in [0.2, 0.25) is 11.1 Å². The lowest BCUT2D eigenvalue weighted by Gasteiger charge is -2.29. The van der Waals surface area contributed by atoms with Crippen LogP contribution in [0.5, 0.6) is 0 Å². The van der Waals surface area contributed by atoms with Crippen LogP contribution in [0.1, 0.15) is 32.6 Å². The molecule has 6 nitrogen and oxygen atoms in total. The van der Waals surface area contributed by atoms with Gasteiger partial charge in [0, 0.05) is 11.6 Å². The fourth-order valence-corrected chi connectivity index (χ4v) is 3.78. The van der Waals surface area contributed by atoms with E-state index in [0.717, 1.165) is 19.3 Å². The molecule has 134 valence electrons. The highest BCUT2D eigenvalue weighted by molar-refractivity contribution is 7.99. The first kappa shape index (κ1) is 17.7. The first-order valence-electron chi connectivity index (χ1n) is 8.43. The van der Waals surface area contributed by atoms with Crippen LogP contribution in [0.4, 0.5) is 4.39 Å². The summed E-state index contributed by atoms with van der Waals surface area (Å²) in [7, 11) is 0. The van der Waals surface area contributed by atoms with E-state index in [2.05, 4.69) is 22.4 Å². The number of hydrogen-bond donors (Lipinski definition) is 2.